The van der Waals surface area contributed by atoms with Gasteiger partial charge in [0.05, 0.1) is 12.5 Å². The predicted molar refractivity (Wildman–Crippen MR) is 115 cm³/mol. The molecule has 1 aromatic carbocycles. The Bertz CT molecular complexity index is 666. The number of rotatable bonds is 8. The third kappa shape index (κ3) is 6.46. The molecule has 1 aliphatic heterocycles. The van der Waals surface area contributed by atoms with Crippen molar-refractivity contribution < 1.29 is 14.3 Å². The van der Waals surface area contributed by atoms with Gasteiger partial charge in [0.15, 0.2) is 0 Å². The maximum Gasteiger partial charge on any atom is 0.229 e. The van der Waals surface area contributed by atoms with E-state index in [1.807, 2.05) is 43.3 Å². The first-order valence-corrected chi connectivity index (χ1v) is 11.0. The third-order valence-electron chi connectivity index (χ3n) is 5.93. The smallest absolute Gasteiger partial charge is 0.229 e. The largest absolute Gasteiger partial charge is 0.494 e. The van der Waals surface area contributed by atoms with Gasteiger partial charge in [0, 0.05) is 31.2 Å². The van der Waals surface area contributed by atoms with Gasteiger partial charge in [0.25, 0.3) is 0 Å². The molecule has 0 spiro atoms. The van der Waals surface area contributed by atoms with Crippen LogP contribution in [0.5, 0.6) is 5.75 Å². The van der Waals surface area contributed by atoms with Crippen LogP contribution in [0.4, 0.5) is 5.69 Å². The summed E-state index contributed by atoms with van der Waals surface area (Å²) in [5, 5.41) is 2.97. The Balaban J connectivity index is 1.46. The van der Waals surface area contributed by atoms with Crippen LogP contribution in [0.1, 0.15) is 51.4 Å². The molecule has 1 saturated heterocycles. The van der Waals surface area contributed by atoms with Gasteiger partial charge in [-0.25, -0.2) is 0 Å². The lowest BCUT2D eigenvalue weighted by atomic mass is 10.1. The second-order valence-corrected chi connectivity index (χ2v) is 8.61. The fraction of sp³-hybridized carbons (Fsp3) is 0.652. The third-order valence-corrected chi connectivity index (χ3v) is 5.93. The van der Waals surface area contributed by atoms with Gasteiger partial charge in [0.1, 0.15) is 5.75 Å². The van der Waals surface area contributed by atoms with Gasteiger partial charge >= 0.3 is 0 Å². The number of hydrogen-bond acceptors (Lipinski definition) is 4. The average Bonchev–Trinajstić information content (AvgIpc) is 2.90. The van der Waals surface area contributed by atoms with Crippen molar-refractivity contribution in [3.8, 4) is 5.75 Å². The van der Waals surface area contributed by atoms with Gasteiger partial charge < -0.3 is 19.9 Å². The molecule has 1 N–H and O–H groups in total. The van der Waals surface area contributed by atoms with Crippen molar-refractivity contribution in [1.82, 2.24) is 9.80 Å². The van der Waals surface area contributed by atoms with Crippen LogP contribution in [0.2, 0.25) is 0 Å². The Morgan fingerprint density at radius 1 is 1.14 bits per heavy atom. The van der Waals surface area contributed by atoms with E-state index in [9.17, 15) is 9.59 Å². The normalized spacial score (nSPS) is 20.7. The summed E-state index contributed by atoms with van der Waals surface area (Å²) in [7, 11) is 4.09. The summed E-state index contributed by atoms with van der Waals surface area (Å²) >= 11 is 0. The molecule has 160 valence electrons. The molecular weight excluding hydrogens is 366 g/mol. The zero-order chi connectivity index (χ0) is 20.6. The summed E-state index contributed by atoms with van der Waals surface area (Å²) in [6, 6.07) is 7.80. The number of amides is 2. The zero-order valence-corrected chi connectivity index (χ0v) is 17.9. The number of hydrogen-bond donors (Lipinski definition) is 1. The molecular formula is C23H35N3O3. The molecule has 1 aromatic rings. The lowest BCUT2D eigenvalue weighted by molar-refractivity contribution is -0.130. The number of ether oxygens (including phenoxy) is 1. The molecule has 0 aromatic heterocycles. The van der Waals surface area contributed by atoms with Crippen molar-refractivity contribution in [2.75, 3.05) is 39.1 Å². The van der Waals surface area contributed by atoms with Crippen molar-refractivity contribution in [3.63, 3.8) is 0 Å². The van der Waals surface area contributed by atoms with E-state index in [1.165, 1.54) is 25.7 Å². The van der Waals surface area contributed by atoms with E-state index < -0.39 is 0 Å². The van der Waals surface area contributed by atoms with Gasteiger partial charge in [-0.2, -0.15) is 0 Å². The van der Waals surface area contributed by atoms with Crippen molar-refractivity contribution in [2.45, 2.75) is 57.4 Å². The van der Waals surface area contributed by atoms with Crippen molar-refractivity contribution >= 4 is 17.5 Å². The second-order valence-electron chi connectivity index (χ2n) is 8.61. The topological polar surface area (TPSA) is 61.9 Å². The summed E-state index contributed by atoms with van der Waals surface area (Å²) in [4.78, 5) is 29.3. The predicted octanol–water partition coefficient (Wildman–Crippen LogP) is 3.53. The fourth-order valence-corrected chi connectivity index (χ4v) is 4.28. The molecule has 1 aliphatic carbocycles. The SMILES string of the molecule is CN(C)CCCOc1ccc(NC(=O)C2CC(=O)N(C3CCCCCC3)C2)cc1. The summed E-state index contributed by atoms with van der Waals surface area (Å²) < 4.78 is 5.73. The summed E-state index contributed by atoms with van der Waals surface area (Å²) in [6.45, 7) is 2.22. The van der Waals surface area contributed by atoms with Crippen molar-refractivity contribution in [2.24, 2.45) is 5.92 Å². The summed E-state index contributed by atoms with van der Waals surface area (Å²) in [5.41, 5.74) is 0.746. The monoisotopic (exact) mass is 401 g/mol. The molecule has 2 amide bonds. The number of nitrogens with one attached hydrogen (secondary N) is 1. The van der Waals surface area contributed by atoms with Crippen LogP contribution in [0.25, 0.3) is 0 Å². The molecule has 1 heterocycles. The molecule has 6 nitrogen and oxygen atoms in total. The Morgan fingerprint density at radius 3 is 2.48 bits per heavy atom. The number of likely N-dealkylation sites (tertiary alicyclic amines) is 1. The Hall–Kier alpha value is -2.08. The number of carbonyl (C=O) groups is 2. The van der Waals surface area contributed by atoms with E-state index in [1.54, 1.807) is 0 Å². The van der Waals surface area contributed by atoms with Gasteiger partial charge in [-0.3, -0.25) is 9.59 Å². The van der Waals surface area contributed by atoms with Crippen LogP contribution in [-0.2, 0) is 9.59 Å². The highest BCUT2D eigenvalue weighted by molar-refractivity contribution is 5.97. The van der Waals surface area contributed by atoms with Crippen LogP contribution < -0.4 is 10.1 Å². The van der Waals surface area contributed by atoms with E-state index >= 15 is 0 Å². The molecule has 2 aliphatic rings. The minimum absolute atomic E-state index is 0.0610. The lowest BCUT2D eigenvalue weighted by Crippen LogP contribution is -2.37. The molecule has 6 heteroatoms. The highest BCUT2D eigenvalue weighted by Gasteiger charge is 2.37. The Labute approximate surface area is 174 Å². The van der Waals surface area contributed by atoms with Crippen molar-refractivity contribution in [3.05, 3.63) is 24.3 Å². The van der Waals surface area contributed by atoms with E-state index in [0.717, 1.165) is 37.2 Å². The molecule has 1 saturated carbocycles. The Kier molecular flexibility index (Phi) is 7.92. The fourth-order valence-electron chi connectivity index (χ4n) is 4.28. The molecule has 29 heavy (non-hydrogen) atoms. The highest BCUT2D eigenvalue weighted by Crippen LogP contribution is 2.29. The quantitative estimate of drug-likeness (QED) is 0.535. The highest BCUT2D eigenvalue weighted by atomic mass is 16.5. The van der Waals surface area contributed by atoms with Crippen LogP contribution in [-0.4, -0.2) is 61.4 Å². The standard InChI is InChI=1S/C23H35N3O3/c1-25(2)14-7-15-29-21-12-10-19(11-13-21)24-23(28)18-16-22(27)26(17-18)20-8-5-3-4-6-9-20/h10-13,18,20H,3-9,14-17H2,1-2H3,(H,24,28). The van der Waals surface area contributed by atoms with Crippen LogP contribution in [0.3, 0.4) is 0 Å². The van der Waals surface area contributed by atoms with Crippen LogP contribution in [0, 0.1) is 5.92 Å². The number of anilines is 1. The maximum absolute atomic E-state index is 12.7. The van der Waals surface area contributed by atoms with Gasteiger partial charge in [-0.1, -0.05) is 25.7 Å². The minimum Gasteiger partial charge on any atom is -0.494 e. The maximum atomic E-state index is 12.7. The Morgan fingerprint density at radius 2 is 1.83 bits per heavy atom. The zero-order valence-electron chi connectivity index (χ0n) is 17.9. The van der Waals surface area contributed by atoms with E-state index in [-0.39, 0.29) is 17.7 Å². The average molecular weight is 402 g/mol. The van der Waals surface area contributed by atoms with E-state index in [0.29, 0.717) is 25.6 Å². The number of nitrogens with zero attached hydrogens (tertiary/aromatic N) is 2. The van der Waals surface area contributed by atoms with Gasteiger partial charge in [-0.15, -0.1) is 0 Å². The lowest BCUT2D eigenvalue weighted by Gasteiger charge is -2.27. The molecule has 0 radical (unpaired) electrons. The molecule has 3 rings (SSSR count). The van der Waals surface area contributed by atoms with Gasteiger partial charge in [-0.05, 0) is 57.6 Å². The first kappa shape index (κ1) is 21.6. The summed E-state index contributed by atoms with van der Waals surface area (Å²) in [6.07, 6.45) is 8.36. The molecule has 0 bridgehead atoms. The number of carbonyl (C=O) groups excluding carboxylic acids is 2. The van der Waals surface area contributed by atoms with Crippen LogP contribution >= 0.6 is 0 Å². The molecule has 2 fully saturated rings. The van der Waals surface area contributed by atoms with Gasteiger partial charge in [0.2, 0.25) is 11.8 Å². The van der Waals surface area contributed by atoms with Crippen LogP contribution in [0.15, 0.2) is 24.3 Å². The number of benzene rings is 1. The molecule has 1 unspecified atom stereocenters. The van der Waals surface area contributed by atoms with E-state index in [2.05, 4.69) is 10.2 Å². The molecule has 1 atom stereocenters. The first-order chi connectivity index (χ1) is 14.0. The minimum atomic E-state index is -0.257. The summed E-state index contributed by atoms with van der Waals surface area (Å²) in [5.74, 6) is 0.623. The first-order valence-electron chi connectivity index (χ1n) is 11.0. The van der Waals surface area contributed by atoms with Crippen molar-refractivity contribution in [1.29, 1.82) is 0 Å². The second kappa shape index (κ2) is 10.6. The van der Waals surface area contributed by atoms with E-state index in [4.69, 9.17) is 4.74 Å².